The third-order valence-corrected chi connectivity index (χ3v) is 7.99. The van der Waals surface area contributed by atoms with Crippen molar-refractivity contribution in [3.8, 4) is 0 Å². The van der Waals surface area contributed by atoms with Crippen LogP contribution in [0.25, 0.3) is 0 Å². The average Bonchev–Trinajstić information content (AvgIpc) is 3.58. The van der Waals surface area contributed by atoms with Gasteiger partial charge in [-0.05, 0) is 81.1 Å². The summed E-state index contributed by atoms with van der Waals surface area (Å²) in [5, 5.41) is 0. The second-order valence-corrected chi connectivity index (χ2v) is 11.6. The van der Waals surface area contributed by atoms with Crippen LogP contribution in [0.1, 0.15) is 65.7 Å². The van der Waals surface area contributed by atoms with Crippen LogP contribution in [-0.2, 0) is 19.1 Å². The highest BCUT2D eigenvalue weighted by Gasteiger charge is 2.68. The molecule has 2 aliphatic rings. The van der Waals surface area contributed by atoms with Crippen molar-refractivity contribution in [1.29, 1.82) is 0 Å². The molecule has 0 saturated heterocycles. The maximum absolute atomic E-state index is 12.6. The quantitative estimate of drug-likeness (QED) is 0.118. The number of esters is 1. The van der Waals surface area contributed by atoms with Crippen LogP contribution in [0.2, 0.25) is 0 Å². The molecule has 0 radical (unpaired) electrons. The molecule has 14 heteroatoms. The van der Waals surface area contributed by atoms with Crippen LogP contribution >= 0.6 is 0 Å². The van der Waals surface area contributed by atoms with Crippen LogP contribution < -0.4 is 5.73 Å². The molecule has 0 amide bonds. The number of ketones is 1. The first-order valence-electron chi connectivity index (χ1n) is 15.0. The van der Waals surface area contributed by atoms with Crippen molar-refractivity contribution in [2.45, 2.75) is 89.8 Å². The van der Waals surface area contributed by atoms with E-state index in [1.165, 1.54) is 39.7 Å². The summed E-state index contributed by atoms with van der Waals surface area (Å²) < 4.78 is 116. The van der Waals surface area contributed by atoms with Gasteiger partial charge in [-0.25, -0.2) is 0 Å². The first kappa shape index (κ1) is 46.5. The Hall–Kier alpha value is -2.61. The van der Waals surface area contributed by atoms with E-state index in [-0.39, 0.29) is 5.97 Å². The first-order valence-corrected chi connectivity index (χ1v) is 15.0. The Kier molecular flexibility index (Phi) is 21.2. The SMILES string of the molecule is C=CC1CC(C=C)C(CCC(C)=O)C1.C=CC1CC(C=C)C(CN)C1.CC(F)(F)C(F)(F)C(F)(F)CCOC(F)(F)F.COC(C)=O. The summed E-state index contributed by atoms with van der Waals surface area (Å²) in [6.45, 7) is 16.9. The molecule has 6 unspecified atom stereocenters. The highest BCUT2D eigenvalue weighted by atomic mass is 19.4. The summed E-state index contributed by atoms with van der Waals surface area (Å²) >= 11 is 0. The van der Waals surface area contributed by atoms with E-state index >= 15 is 0 Å². The van der Waals surface area contributed by atoms with Gasteiger partial charge in [-0.2, -0.15) is 26.3 Å². The van der Waals surface area contributed by atoms with E-state index in [1.807, 2.05) is 24.3 Å². The lowest BCUT2D eigenvalue weighted by Crippen LogP contribution is -2.53. The van der Waals surface area contributed by atoms with Gasteiger partial charge in [0.2, 0.25) is 0 Å². The Bertz CT molecular complexity index is 980. The zero-order chi connectivity index (χ0) is 37.2. The summed E-state index contributed by atoms with van der Waals surface area (Å²) in [6, 6.07) is 0. The van der Waals surface area contributed by atoms with Crippen molar-refractivity contribution >= 4 is 11.8 Å². The number of rotatable bonds is 13. The molecule has 2 aliphatic carbocycles. The van der Waals surface area contributed by atoms with Gasteiger partial charge in [0, 0.05) is 26.7 Å². The molecule has 2 rings (SSSR count). The van der Waals surface area contributed by atoms with Gasteiger partial charge in [-0.15, -0.1) is 39.5 Å². The average molecular weight is 696 g/mol. The Morgan fingerprint density at radius 1 is 0.787 bits per heavy atom. The molecule has 274 valence electrons. The summed E-state index contributed by atoms with van der Waals surface area (Å²) in [4.78, 5) is 20.5. The minimum absolute atomic E-state index is 0.245. The van der Waals surface area contributed by atoms with Gasteiger partial charge in [0.25, 0.3) is 0 Å². The van der Waals surface area contributed by atoms with Crippen molar-refractivity contribution in [3.63, 3.8) is 0 Å². The fourth-order valence-electron chi connectivity index (χ4n) is 5.13. The molecule has 6 atom stereocenters. The lowest BCUT2D eigenvalue weighted by molar-refractivity contribution is -0.340. The maximum atomic E-state index is 12.6. The van der Waals surface area contributed by atoms with E-state index in [9.17, 15) is 49.1 Å². The number of allylic oxidation sites excluding steroid dienone is 4. The van der Waals surface area contributed by atoms with Crippen LogP contribution in [0.3, 0.4) is 0 Å². The molecule has 2 N–H and O–H groups in total. The number of nitrogens with two attached hydrogens (primary N) is 1. The largest absolute Gasteiger partial charge is 0.522 e. The fourth-order valence-corrected chi connectivity index (χ4v) is 5.13. The molecule has 0 bridgehead atoms. The lowest BCUT2D eigenvalue weighted by atomic mass is 9.91. The third-order valence-electron chi connectivity index (χ3n) is 7.99. The van der Waals surface area contributed by atoms with Gasteiger partial charge in [0.05, 0.1) is 13.7 Å². The predicted molar refractivity (Wildman–Crippen MR) is 164 cm³/mol. The Labute approximate surface area is 272 Å². The highest BCUT2D eigenvalue weighted by molar-refractivity contribution is 5.75. The Balaban J connectivity index is 0. The number of carbonyl (C=O) groups excluding carboxylic acids is 2. The molecular weight excluding hydrogens is 645 g/mol. The molecule has 2 saturated carbocycles. The van der Waals surface area contributed by atoms with E-state index in [0.29, 0.717) is 41.3 Å². The summed E-state index contributed by atoms with van der Waals surface area (Å²) in [5.41, 5.74) is 5.63. The first-order chi connectivity index (χ1) is 21.5. The van der Waals surface area contributed by atoms with E-state index in [0.717, 1.165) is 19.4 Å². The number of methoxy groups -OCH3 is 1. The summed E-state index contributed by atoms with van der Waals surface area (Å²) in [6.07, 6.45) is 7.23. The maximum Gasteiger partial charge on any atom is 0.522 e. The topological polar surface area (TPSA) is 78.6 Å². The van der Waals surface area contributed by atoms with Gasteiger partial charge in [0.15, 0.2) is 0 Å². The van der Waals surface area contributed by atoms with Crippen molar-refractivity contribution in [1.82, 2.24) is 0 Å². The minimum atomic E-state index is -5.76. The van der Waals surface area contributed by atoms with Gasteiger partial charge >= 0.3 is 30.1 Å². The molecule has 0 spiro atoms. The van der Waals surface area contributed by atoms with Crippen molar-refractivity contribution in [3.05, 3.63) is 50.6 Å². The molecular formula is C33H50F9NO4. The summed E-state index contributed by atoms with van der Waals surface area (Å²) in [7, 11) is 1.35. The lowest BCUT2D eigenvalue weighted by Gasteiger charge is -2.30. The second-order valence-electron chi connectivity index (χ2n) is 11.6. The van der Waals surface area contributed by atoms with Crippen molar-refractivity contribution in [2.24, 2.45) is 41.2 Å². The third kappa shape index (κ3) is 17.9. The van der Waals surface area contributed by atoms with E-state index < -0.39 is 44.1 Å². The zero-order valence-electron chi connectivity index (χ0n) is 27.6. The number of Topliss-reactive ketones (excluding diaryl/α,β-unsaturated/α-hetero) is 1. The molecule has 0 aromatic carbocycles. The monoisotopic (exact) mass is 695 g/mol. The zero-order valence-corrected chi connectivity index (χ0v) is 27.6. The second kappa shape index (κ2) is 21.4. The minimum Gasteiger partial charge on any atom is -0.469 e. The van der Waals surface area contributed by atoms with Crippen molar-refractivity contribution < 1.29 is 58.6 Å². The molecule has 47 heavy (non-hydrogen) atoms. The number of ether oxygens (including phenoxy) is 2. The molecule has 2 fully saturated rings. The van der Waals surface area contributed by atoms with E-state index in [2.05, 4.69) is 35.8 Å². The van der Waals surface area contributed by atoms with Gasteiger partial charge in [-0.1, -0.05) is 24.3 Å². The molecule has 5 nitrogen and oxygen atoms in total. The van der Waals surface area contributed by atoms with Gasteiger partial charge in [-0.3, -0.25) is 9.53 Å². The smallest absolute Gasteiger partial charge is 0.469 e. The molecule has 0 aliphatic heterocycles. The molecule has 0 heterocycles. The Morgan fingerprint density at radius 3 is 1.51 bits per heavy atom. The number of hydrogen-bond acceptors (Lipinski definition) is 5. The number of alkyl halides is 9. The fraction of sp³-hybridized carbons (Fsp3) is 0.697. The summed E-state index contributed by atoms with van der Waals surface area (Å²) in [5.74, 6) is -12.2. The van der Waals surface area contributed by atoms with E-state index in [4.69, 9.17) is 5.73 Å². The Morgan fingerprint density at radius 2 is 1.21 bits per heavy atom. The molecule has 0 aromatic rings. The van der Waals surface area contributed by atoms with Gasteiger partial charge in [0.1, 0.15) is 5.78 Å². The van der Waals surface area contributed by atoms with Crippen LogP contribution in [0.5, 0.6) is 0 Å². The normalized spacial score (nSPS) is 24.2. The molecule has 0 aromatic heterocycles. The van der Waals surface area contributed by atoms with E-state index in [1.54, 1.807) is 6.92 Å². The van der Waals surface area contributed by atoms with Crippen LogP contribution in [-0.4, -0.2) is 56.1 Å². The number of carbonyl (C=O) groups is 2. The van der Waals surface area contributed by atoms with Crippen LogP contribution in [0.4, 0.5) is 39.5 Å². The standard InChI is InChI=1S/C13H20O.C10H17N.C7H7F9O.C3H6O2/c1-4-11-8-12(5-2)13(9-11)7-6-10(3)14;1-3-8-5-9(4-2)10(6-8)7-11;1-4(8,9)6(12,13)5(10,11)2-3-17-7(14,15)16;1-3(4)5-2/h4-5,11-13H,1-2,6-9H2,3H3;3-4,8-10H,1-2,5-7,11H2;2-3H2,1H3;1-2H3. The number of halogens is 9. The number of hydrogen-bond donors (Lipinski definition) is 1. The van der Waals surface area contributed by atoms with Gasteiger partial charge < -0.3 is 15.3 Å². The highest BCUT2D eigenvalue weighted by Crippen LogP contribution is 2.47. The van der Waals surface area contributed by atoms with Crippen LogP contribution in [0.15, 0.2) is 50.6 Å². The van der Waals surface area contributed by atoms with Crippen molar-refractivity contribution in [2.75, 3.05) is 20.3 Å². The van der Waals surface area contributed by atoms with Crippen LogP contribution in [0, 0.1) is 35.5 Å². The predicted octanol–water partition coefficient (Wildman–Crippen LogP) is 9.35.